The van der Waals surface area contributed by atoms with Crippen LogP contribution in [0.25, 0.3) is 11.1 Å². The summed E-state index contributed by atoms with van der Waals surface area (Å²) in [7, 11) is -1.80. The van der Waals surface area contributed by atoms with Gasteiger partial charge in [-0.3, -0.25) is 0 Å². The molecule has 1 aliphatic heterocycles. The van der Waals surface area contributed by atoms with Gasteiger partial charge in [-0.15, -0.1) is 0 Å². The zero-order valence-corrected chi connectivity index (χ0v) is 22.9. The third kappa shape index (κ3) is 3.65. The first-order chi connectivity index (χ1) is 13.5. The summed E-state index contributed by atoms with van der Waals surface area (Å²) in [6, 6.07) is 22.4. The average Bonchev–Trinajstić information content (AvgIpc) is 3.23. The molecule has 0 saturated heterocycles. The molecule has 0 radical (unpaired) electrons. The summed E-state index contributed by atoms with van der Waals surface area (Å²) >= 11 is -0.694. The van der Waals surface area contributed by atoms with E-state index in [1.54, 1.807) is 32.7 Å². The van der Waals surface area contributed by atoms with E-state index in [1.165, 1.54) is 24.0 Å². The number of hydrogen-bond donors (Lipinski definition) is 0. The maximum absolute atomic E-state index is 2.61. The smallest absolute Gasteiger partial charge is 1.00 e. The van der Waals surface area contributed by atoms with E-state index in [0.717, 1.165) is 0 Å². The molecule has 4 heteroatoms. The predicted octanol–water partition coefficient (Wildman–Crippen LogP) is 1.14. The van der Waals surface area contributed by atoms with E-state index in [2.05, 4.69) is 87.6 Å². The Morgan fingerprint density at radius 1 is 0.633 bits per heavy atom. The second kappa shape index (κ2) is 8.91. The summed E-state index contributed by atoms with van der Waals surface area (Å²) in [4.78, 5) is 0. The molecular formula is C26H26Cl2SiZr. The first-order valence-electron chi connectivity index (χ1n) is 10.2. The number of allylic oxidation sites excluding steroid dienone is 8. The van der Waals surface area contributed by atoms with Gasteiger partial charge >= 0.3 is 182 Å². The van der Waals surface area contributed by atoms with Crippen molar-refractivity contribution < 1.29 is 48.0 Å². The number of halogens is 2. The topological polar surface area (TPSA) is 0 Å². The maximum atomic E-state index is 2.61. The van der Waals surface area contributed by atoms with Gasteiger partial charge in [-0.25, -0.2) is 0 Å². The Labute approximate surface area is 205 Å². The van der Waals surface area contributed by atoms with E-state index >= 15 is 0 Å². The molecule has 4 bridgehead atoms. The molecule has 152 valence electrons. The van der Waals surface area contributed by atoms with Crippen LogP contribution in [0.3, 0.4) is 0 Å². The second-order valence-electron chi connectivity index (χ2n) is 8.75. The van der Waals surface area contributed by atoms with Crippen LogP contribution < -0.4 is 24.8 Å². The fourth-order valence-electron chi connectivity index (χ4n) is 5.60. The molecule has 0 aromatic heterocycles. The molecule has 0 amide bonds. The van der Waals surface area contributed by atoms with Gasteiger partial charge in [0.1, 0.15) is 0 Å². The van der Waals surface area contributed by atoms with Gasteiger partial charge in [0.05, 0.1) is 0 Å². The van der Waals surface area contributed by atoms with Gasteiger partial charge in [0.15, 0.2) is 0 Å². The minimum Gasteiger partial charge on any atom is -1.00 e. The normalized spacial score (nSPS) is 18.9. The summed E-state index contributed by atoms with van der Waals surface area (Å²) in [5.74, 6) is 0. The standard InChI is InChI=1S/C26H26Si.2ClH.Zr/c1-19-15-17-23(21-11-7-5-8-12-21)25(19)27(3,4)26-20(2)16-18-24(26)22-13-9-6-10-14-22;;;/h5-14H,17-18H2,1-4H3;2*1H;/q;;;+2/p-2. The molecule has 5 rings (SSSR count). The van der Waals surface area contributed by atoms with Crippen molar-refractivity contribution in [2.24, 2.45) is 0 Å². The fraction of sp³-hybridized carbons (Fsp3) is 0.231. The minimum atomic E-state index is -1.80. The molecule has 1 heterocycles. The summed E-state index contributed by atoms with van der Waals surface area (Å²) in [6.45, 7) is 10.1. The van der Waals surface area contributed by atoms with Crippen LogP contribution in [0, 0.1) is 0 Å². The zero-order chi connectivity index (χ0) is 19.5. The third-order valence-corrected chi connectivity index (χ3v) is 14.8. The van der Waals surface area contributed by atoms with Gasteiger partial charge in [-0.2, -0.15) is 0 Å². The Bertz CT molecular complexity index is 1020. The van der Waals surface area contributed by atoms with E-state index in [0.29, 0.717) is 0 Å². The van der Waals surface area contributed by atoms with E-state index in [9.17, 15) is 0 Å². The summed E-state index contributed by atoms with van der Waals surface area (Å²) in [5, 5.41) is 3.50. The number of benzene rings is 2. The van der Waals surface area contributed by atoms with Crippen LogP contribution >= 0.6 is 0 Å². The average molecular weight is 529 g/mol. The molecule has 2 aromatic carbocycles. The van der Waals surface area contributed by atoms with Crippen molar-refractivity contribution in [2.75, 3.05) is 0 Å². The largest absolute Gasteiger partial charge is 1.00 e. The van der Waals surface area contributed by atoms with Crippen LogP contribution in [0.15, 0.2) is 88.8 Å². The fourth-order valence-corrected chi connectivity index (χ4v) is 14.3. The number of hydrogen-bond acceptors (Lipinski definition) is 0. The first-order valence-corrected chi connectivity index (χ1v) is 15.7. The van der Waals surface area contributed by atoms with Crippen molar-refractivity contribution in [1.29, 1.82) is 0 Å². The Morgan fingerprint density at radius 2 is 1.00 bits per heavy atom. The molecule has 30 heavy (non-hydrogen) atoms. The Kier molecular flexibility index (Phi) is 7.05. The van der Waals surface area contributed by atoms with Crippen LogP contribution in [0.4, 0.5) is 0 Å². The van der Waals surface area contributed by atoms with Gasteiger partial charge in [0.25, 0.3) is 0 Å². The van der Waals surface area contributed by atoms with Crippen LogP contribution in [-0.2, 0) is 23.2 Å². The Balaban J connectivity index is 0.00000128. The molecule has 2 aliphatic carbocycles. The minimum absolute atomic E-state index is 0. The van der Waals surface area contributed by atoms with Crippen molar-refractivity contribution >= 4 is 19.2 Å². The molecule has 0 N–H and O–H groups in total. The third-order valence-electron chi connectivity index (χ3n) is 6.76. The number of fused-ring (bicyclic) bond motifs is 2. The van der Waals surface area contributed by atoms with E-state index < -0.39 is 31.3 Å². The van der Waals surface area contributed by atoms with Crippen LogP contribution in [0.2, 0.25) is 13.1 Å². The molecule has 0 saturated carbocycles. The molecule has 0 nitrogen and oxygen atoms in total. The van der Waals surface area contributed by atoms with Crippen LogP contribution in [-0.4, -0.2) is 8.07 Å². The van der Waals surface area contributed by atoms with Crippen molar-refractivity contribution in [3.05, 3.63) is 99.9 Å². The van der Waals surface area contributed by atoms with Crippen LogP contribution in [0.5, 0.6) is 0 Å². The van der Waals surface area contributed by atoms with Crippen LogP contribution in [0.1, 0.15) is 37.8 Å². The molecule has 3 aliphatic rings. The molecule has 2 aromatic rings. The molecule has 0 atom stereocenters. The molecule has 0 fully saturated rings. The van der Waals surface area contributed by atoms with Crippen molar-refractivity contribution in [1.82, 2.24) is 0 Å². The van der Waals surface area contributed by atoms with E-state index in [-0.39, 0.29) is 24.8 Å². The Morgan fingerprint density at radius 3 is 1.37 bits per heavy atom. The van der Waals surface area contributed by atoms with Gasteiger partial charge in [0, 0.05) is 0 Å². The van der Waals surface area contributed by atoms with Gasteiger partial charge in [-0.1, -0.05) is 0 Å². The quantitative estimate of drug-likeness (QED) is 0.513. The summed E-state index contributed by atoms with van der Waals surface area (Å²) < 4.78 is 3.67. The zero-order valence-electron chi connectivity index (χ0n) is 17.9. The summed E-state index contributed by atoms with van der Waals surface area (Å²) in [6.07, 6.45) is 2.44. The van der Waals surface area contributed by atoms with Gasteiger partial charge < -0.3 is 24.8 Å². The maximum Gasteiger partial charge on any atom is -1.00 e. The van der Waals surface area contributed by atoms with Crippen molar-refractivity contribution in [3.63, 3.8) is 0 Å². The van der Waals surface area contributed by atoms with E-state index in [1.807, 2.05) is 6.56 Å². The van der Waals surface area contributed by atoms with Gasteiger partial charge in [-0.05, 0) is 0 Å². The van der Waals surface area contributed by atoms with Gasteiger partial charge in [0.2, 0.25) is 0 Å². The van der Waals surface area contributed by atoms with Crippen molar-refractivity contribution in [2.45, 2.75) is 39.8 Å². The molecule has 0 unspecified atom stereocenters. The predicted molar refractivity (Wildman–Crippen MR) is 119 cm³/mol. The molecular weight excluding hydrogens is 503 g/mol. The Hall–Kier alpha value is -0.920. The van der Waals surface area contributed by atoms with Crippen molar-refractivity contribution in [3.8, 4) is 0 Å². The summed E-state index contributed by atoms with van der Waals surface area (Å²) in [5.41, 5.74) is 9.55. The van der Waals surface area contributed by atoms with E-state index in [4.69, 9.17) is 0 Å². The SMILES string of the molecule is CC1=[C]2CC(c3ccccc3)=C1[Si](C)(C)C1=C(c3ccccc3)C[C](=C1C)[Zr+2]2.[Cl-].[Cl-]. The number of rotatable bonds is 2. The second-order valence-corrected chi connectivity index (χ2v) is 16.6. The molecule has 0 spiro atoms. The monoisotopic (exact) mass is 526 g/mol. The first kappa shape index (κ1) is 23.7.